The van der Waals surface area contributed by atoms with E-state index in [1.54, 1.807) is 0 Å². The van der Waals surface area contributed by atoms with E-state index in [2.05, 4.69) is 4.72 Å². The molecule has 1 atom stereocenters. The molecule has 1 heterocycles. The number of nitrogens with one attached hydrogen (secondary N) is 1. The van der Waals surface area contributed by atoms with Crippen molar-refractivity contribution in [3.05, 3.63) is 29.3 Å². The van der Waals surface area contributed by atoms with Crippen molar-refractivity contribution in [2.75, 3.05) is 0 Å². The Morgan fingerprint density at radius 3 is 3.25 bits per heavy atom. The number of fused-ring (bicyclic) bond motifs is 1. The first kappa shape index (κ1) is 7.76. The number of hydrogen-bond acceptors (Lipinski definition) is 2. The van der Waals surface area contributed by atoms with E-state index in [1.165, 1.54) is 5.56 Å². The zero-order valence-electron chi connectivity index (χ0n) is 6.66. The molecule has 0 aliphatic carbocycles. The van der Waals surface area contributed by atoms with Gasteiger partial charge in [0.2, 0.25) is 0 Å². The quantitative estimate of drug-likeness (QED) is 0.653. The van der Waals surface area contributed by atoms with Gasteiger partial charge in [-0.15, -0.1) is 0 Å². The fourth-order valence-electron chi connectivity index (χ4n) is 1.18. The summed E-state index contributed by atoms with van der Waals surface area (Å²) in [5.74, 6) is 0.720. The zero-order valence-corrected chi connectivity index (χ0v) is 7.48. The molecule has 3 nitrogen and oxygen atoms in total. The van der Waals surface area contributed by atoms with Crippen molar-refractivity contribution in [1.82, 2.24) is 4.72 Å². The second kappa shape index (κ2) is 2.88. The van der Waals surface area contributed by atoms with E-state index in [-0.39, 0.29) is 0 Å². The Balaban J connectivity index is 2.43. The second-order valence-corrected chi connectivity index (χ2v) is 3.68. The largest absolute Gasteiger partial charge is 0.389 e. The molecule has 0 saturated carbocycles. The highest BCUT2D eigenvalue weighted by atomic mass is 32.2. The van der Waals surface area contributed by atoms with Gasteiger partial charge < -0.3 is 4.18 Å². The maximum absolute atomic E-state index is 10.9. The summed E-state index contributed by atoms with van der Waals surface area (Å²) in [4.78, 5) is 0. The van der Waals surface area contributed by atoms with E-state index < -0.39 is 11.3 Å². The summed E-state index contributed by atoms with van der Waals surface area (Å²) in [5.41, 5.74) is 2.25. The summed E-state index contributed by atoms with van der Waals surface area (Å²) in [6.45, 7) is 2.63. The van der Waals surface area contributed by atoms with Crippen LogP contribution in [0.2, 0.25) is 0 Å². The van der Waals surface area contributed by atoms with E-state index in [1.807, 2.05) is 25.1 Å². The van der Waals surface area contributed by atoms with Crippen LogP contribution in [0.4, 0.5) is 0 Å². The van der Waals surface area contributed by atoms with Gasteiger partial charge in [0, 0.05) is 12.1 Å². The van der Waals surface area contributed by atoms with E-state index >= 15 is 0 Å². The molecule has 0 amide bonds. The van der Waals surface area contributed by atoms with Gasteiger partial charge in [-0.2, -0.15) is 8.93 Å². The second-order valence-electron chi connectivity index (χ2n) is 2.75. The lowest BCUT2D eigenvalue weighted by Gasteiger charge is -2.16. The highest BCUT2D eigenvalue weighted by Crippen LogP contribution is 2.23. The van der Waals surface area contributed by atoms with Crippen LogP contribution in [0.1, 0.15) is 11.1 Å². The molecule has 12 heavy (non-hydrogen) atoms. The monoisotopic (exact) mass is 183 g/mol. The van der Waals surface area contributed by atoms with Crippen LogP contribution in [0, 0.1) is 6.92 Å². The predicted molar refractivity (Wildman–Crippen MR) is 46.8 cm³/mol. The van der Waals surface area contributed by atoms with Gasteiger partial charge in [0.1, 0.15) is 5.75 Å². The Kier molecular flexibility index (Phi) is 1.86. The maximum Gasteiger partial charge on any atom is 0.288 e. The van der Waals surface area contributed by atoms with Crippen molar-refractivity contribution in [2.24, 2.45) is 0 Å². The van der Waals surface area contributed by atoms with E-state index in [9.17, 15) is 4.21 Å². The lowest BCUT2D eigenvalue weighted by atomic mass is 10.1. The van der Waals surface area contributed by atoms with Gasteiger partial charge >= 0.3 is 0 Å². The van der Waals surface area contributed by atoms with Gasteiger partial charge in [0.15, 0.2) is 0 Å². The first-order valence-corrected chi connectivity index (χ1v) is 4.76. The fourth-order valence-corrected chi connectivity index (χ4v) is 1.83. The first-order chi connectivity index (χ1) is 5.75. The summed E-state index contributed by atoms with van der Waals surface area (Å²) in [6.07, 6.45) is 0. The normalized spacial score (nSPS) is 21.2. The van der Waals surface area contributed by atoms with Crippen LogP contribution >= 0.6 is 0 Å². The summed E-state index contributed by atoms with van der Waals surface area (Å²) >= 11 is -1.36. The molecule has 0 fully saturated rings. The summed E-state index contributed by atoms with van der Waals surface area (Å²) in [6, 6.07) is 5.82. The van der Waals surface area contributed by atoms with Crippen molar-refractivity contribution < 1.29 is 8.39 Å². The van der Waals surface area contributed by atoms with Crippen LogP contribution in [-0.2, 0) is 17.8 Å². The Morgan fingerprint density at radius 1 is 1.58 bits per heavy atom. The Morgan fingerprint density at radius 2 is 2.42 bits per heavy atom. The van der Waals surface area contributed by atoms with Gasteiger partial charge in [0.05, 0.1) is 0 Å². The third-order valence-electron chi connectivity index (χ3n) is 1.76. The van der Waals surface area contributed by atoms with Crippen molar-refractivity contribution >= 4 is 11.3 Å². The summed E-state index contributed by atoms with van der Waals surface area (Å²) in [5, 5.41) is 0. The molecule has 2 rings (SSSR count). The van der Waals surface area contributed by atoms with Crippen LogP contribution in [0.3, 0.4) is 0 Å². The van der Waals surface area contributed by atoms with Gasteiger partial charge in [0.25, 0.3) is 11.3 Å². The molecule has 1 aliphatic rings. The van der Waals surface area contributed by atoms with Crippen molar-refractivity contribution in [3.63, 3.8) is 0 Å². The number of benzene rings is 1. The Hall–Kier alpha value is -0.870. The molecule has 4 heteroatoms. The maximum atomic E-state index is 10.9. The fraction of sp³-hybridized carbons (Fsp3) is 0.250. The molecule has 1 N–H and O–H groups in total. The molecular weight excluding hydrogens is 174 g/mol. The van der Waals surface area contributed by atoms with Crippen molar-refractivity contribution in [1.29, 1.82) is 0 Å². The summed E-state index contributed by atoms with van der Waals surface area (Å²) < 4.78 is 18.7. The lowest BCUT2D eigenvalue weighted by Crippen LogP contribution is -2.26. The number of rotatable bonds is 0. The highest BCUT2D eigenvalue weighted by molar-refractivity contribution is 7.78. The first-order valence-electron chi connectivity index (χ1n) is 3.69. The molecule has 1 aliphatic heterocycles. The van der Waals surface area contributed by atoms with Crippen molar-refractivity contribution in [2.45, 2.75) is 13.5 Å². The van der Waals surface area contributed by atoms with Gasteiger partial charge in [-0.05, 0) is 13.0 Å². The zero-order chi connectivity index (χ0) is 8.55. The molecule has 0 radical (unpaired) electrons. The Labute approximate surface area is 73.5 Å². The average Bonchev–Trinajstić information content (AvgIpc) is 2.05. The predicted octanol–water partition coefficient (Wildman–Crippen LogP) is 1.06. The molecule has 0 spiro atoms. The molecular formula is C8H9NO2S. The van der Waals surface area contributed by atoms with Crippen LogP contribution in [0.15, 0.2) is 18.2 Å². The number of aryl methyl sites for hydroxylation is 1. The van der Waals surface area contributed by atoms with Crippen LogP contribution in [0.25, 0.3) is 0 Å². The van der Waals surface area contributed by atoms with Gasteiger partial charge in [-0.1, -0.05) is 17.7 Å². The van der Waals surface area contributed by atoms with Crippen LogP contribution in [-0.4, -0.2) is 4.21 Å². The highest BCUT2D eigenvalue weighted by Gasteiger charge is 2.14. The van der Waals surface area contributed by atoms with Crippen LogP contribution < -0.4 is 8.91 Å². The minimum atomic E-state index is -1.36. The Bertz CT molecular complexity index is 338. The molecule has 1 unspecified atom stereocenters. The molecule has 0 saturated heterocycles. The third-order valence-corrected chi connectivity index (χ3v) is 2.47. The van der Waals surface area contributed by atoms with E-state index in [4.69, 9.17) is 4.18 Å². The molecule has 1 aromatic rings. The minimum absolute atomic E-state index is 0.615. The van der Waals surface area contributed by atoms with Gasteiger partial charge in [-0.25, -0.2) is 0 Å². The number of hydrogen-bond donors (Lipinski definition) is 1. The average molecular weight is 183 g/mol. The van der Waals surface area contributed by atoms with Crippen LogP contribution in [0.5, 0.6) is 5.75 Å². The lowest BCUT2D eigenvalue weighted by molar-refractivity contribution is 0.524. The standard InChI is InChI=1S/C8H9NO2S/c1-6-2-3-8-7(4-6)5-9-12(10)11-8/h2-4,9H,5H2,1H3. The smallest absolute Gasteiger partial charge is 0.288 e. The van der Waals surface area contributed by atoms with Crippen molar-refractivity contribution in [3.8, 4) is 5.75 Å². The minimum Gasteiger partial charge on any atom is -0.389 e. The molecule has 0 aromatic heterocycles. The third kappa shape index (κ3) is 1.35. The van der Waals surface area contributed by atoms with E-state index in [0.29, 0.717) is 6.54 Å². The van der Waals surface area contributed by atoms with E-state index in [0.717, 1.165) is 11.3 Å². The molecule has 64 valence electrons. The SMILES string of the molecule is Cc1ccc2c(c1)CNS(=O)O2. The topological polar surface area (TPSA) is 38.3 Å². The summed E-state index contributed by atoms with van der Waals surface area (Å²) in [7, 11) is 0. The molecule has 1 aromatic carbocycles. The molecule has 0 bridgehead atoms. The van der Waals surface area contributed by atoms with Gasteiger partial charge in [-0.3, -0.25) is 0 Å².